The minimum Gasteiger partial charge on any atom is -0.350 e. The predicted molar refractivity (Wildman–Crippen MR) is 132 cm³/mol. The highest BCUT2D eigenvalue weighted by Gasteiger charge is 2.31. The zero-order valence-corrected chi connectivity index (χ0v) is 21.4. The Bertz CT molecular complexity index is 1090. The summed E-state index contributed by atoms with van der Waals surface area (Å²) in [6.45, 7) is 10.7. The van der Waals surface area contributed by atoms with Crippen molar-refractivity contribution in [2.75, 3.05) is 17.1 Å². The standard InChI is InChI=1S/C25H35N3O4S/c1-18-13-14-19(2)22(15-18)28(33(7,31)32)17-23(29)27(16-21-11-9-8-10-12-21)20(3)24(30)26-25(4,5)6/h8-15,20H,16-17H2,1-7H3,(H,26,30)/t20-/m0/s1. The molecule has 8 heteroatoms. The first-order valence-corrected chi connectivity index (χ1v) is 12.7. The van der Waals surface area contributed by atoms with Crippen LogP contribution in [0.25, 0.3) is 0 Å². The summed E-state index contributed by atoms with van der Waals surface area (Å²) in [6, 6.07) is 14.0. The fraction of sp³-hybridized carbons (Fsp3) is 0.440. The molecule has 0 fully saturated rings. The topological polar surface area (TPSA) is 86.8 Å². The molecule has 180 valence electrons. The molecular weight excluding hydrogens is 438 g/mol. The maximum atomic E-state index is 13.5. The van der Waals surface area contributed by atoms with Gasteiger partial charge in [0.25, 0.3) is 0 Å². The maximum Gasteiger partial charge on any atom is 0.244 e. The zero-order valence-electron chi connectivity index (χ0n) is 20.5. The highest BCUT2D eigenvalue weighted by Crippen LogP contribution is 2.24. The number of sulfonamides is 1. The van der Waals surface area contributed by atoms with E-state index >= 15 is 0 Å². The Labute approximate surface area is 197 Å². The predicted octanol–water partition coefficient (Wildman–Crippen LogP) is 3.40. The van der Waals surface area contributed by atoms with Gasteiger partial charge >= 0.3 is 0 Å². The van der Waals surface area contributed by atoms with Crippen LogP contribution in [0.5, 0.6) is 0 Å². The first kappa shape index (κ1) is 26.4. The molecule has 1 atom stereocenters. The molecule has 2 aromatic rings. The zero-order chi connectivity index (χ0) is 25.0. The minimum absolute atomic E-state index is 0.183. The number of aryl methyl sites for hydroxylation is 2. The van der Waals surface area contributed by atoms with Crippen molar-refractivity contribution in [3.8, 4) is 0 Å². The summed E-state index contributed by atoms with van der Waals surface area (Å²) in [7, 11) is -3.75. The summed E-state index contributed by atoms with van der Waals surface area (Å²) >= 11 is 0. The summed E-state index contributed by atoms with van der Waals surface area (Å²) in [5, 5.41) is 2.91. The smallest absolute Gasteiger partial charge is 0.244 e. The van der Waals surface area contributed by atoms with Gasteiger partial charge in [-0.15, -0.1) is 0 Å². The van der Waals surface area contributed by atoms with Crippen molar-refractivity contribution in [3.63, 3.8) is 0 Å². The SMILES string of the molecule is Cc1ccc(C)c(N(CC(=O)N(Cc2ccccc2)[C@@H](C)C(=O)NC(C)(C)C)S(C)(=O)=O)c1. The van der Waals surface area contributed by atoms with Crippen LogP contribution in [0.4, 0.5) is 5.69 Å². The Balaban J connectivity index is 2.42. The van der Waals surface area contributed by atoms with Gasteiger partial charge < -0.3 is 10.2 Å². The lowest BCUT2D eigenvalue weighted by Crippen LogP contribution is -2.54. The molecule has 0 spiro atoms. The monoisotopic (exact) mass is 473 g/mol. The van der Waals surface area contributed by atoms with Gasteiger partial charge in [0, 0.05) is 12.1 Å². The molecule has 0 heterocycles. The second-order valence-corrected chi connectivity index (χ2v) is 11.4. The van der Waals surface area contributed by atoms with Crippen molar-refractivity contribution in [1.29, 1.82) is 0 Å². The number of hydrogen-bond acceptors (Lipinski definition) is 4. The summed E-state index contributed by atoms with van der Waals surface area (Å²) < 4.78 is 26.5. The Morgan fingerprint density at radius 3 is 2.18 bits per heavy atom. The molecule has 1 N–H and O–H groups in total. The van der Waals surface area contributed by atoms with Crippen LogP contribution >= 0.6 is 0 Å². The van der Waals surface area contributed by atoms with Crippen LogP contribution < -0.4 is 9.62 Å². The van der Waals surface area contributed by atoms with Crippen LogP contribution in [0.3, 0.4) is 0 Å². The molecule has 0 aliphatic rings. The number of amides is 2. The number of anilines is 1. The molecule has 0 radical (unpaired) electrons. The van der Waals surface area contributed by atoms with Crippen LogP contribution in [-0.4, -0.2) is 49.5 Å². The number of rotatable bonds is 8. The number of benzene rings is 2. The van der Waals surface area contributed by atoms with Crippen molar-refractivity contribution < 1.29 is 18.0 Å². The van der Waals surface area contributed by atoms with Gasteiger partial charge in [-0.2, -0.15) is 0 Å². The third-order valence-electron chi connectivity index (χ3n) is 5.17. The molecule has 2 rings (SSSR count). The fourth-order valence-corrected chi connectivity index (χ4v) is 4.32. The van der Waals surface area contributed by atoms with Gasteiger partial charge in [-0.05, 0) is 64.3 Å². The van der Waals surface area contributed by atoms with Crippen LogP contribution in [0.2, 0.25) is 0 Å². The van der Waals surface area contributed by atoms with E-state index in [2.05, 4.69) is 5.32 Å². The summed E-state index contributed by atoms with van der Waals surface area (Å²) in [6.07, 6.45) is 1.08. The molecule has 2 aromatic carbocycles. The van der Waals surface area contributed by atoms with E-state index in [1.54, 1.807) is 19.9 Å². The quantitative estimate of drug-likeness (QED) is 0.637. The first-order chi connectivity index (χ1) is 15.2. The van der Waals surface area contributed by atoms with Gasteiger partial charge in [0.2, 0.25) is 21.8 Å². The molecule has 0 aromatic heterocycles. The van der Waals surface area contributed by atoms with Gasteiger partial charge in [-0.25, -0.2) is 8.42 Å². The maximum absolute atomic E-state index is 13.5. The number of nitrogens with one attached hydrogen (secondary N) is 1. The highest BCUT2D eigenvalue weighted by atomic mass is 32.2. The molecule has 7 nitrogen and oxygen atoms in total. The lowest BCUT2D eigenvalue weighted by molar-refractivity contribution is -0.140. The fourth-order valence-electron chi connectivity index (χ4n) is 3.42. The average molecular weight is 474 g/mol. The lowest BCUT2D eigenvalue weighted by Gasteiger charge is -2.33. The molecule has 0 aliphatic heterocycles. The molecule has 0 aliphatic carbocycles. The second kappa shape index (κ2) is 10.4. The van der Waals surface area contributed by atoms with Crippen molar-refractivity contribution in [1.82, 2.24) is 10.2 Å². The number of carbonyl (C=O) groups excluding carboxylic acids is 2. The Morgan fingerprint density at radius 1 is 1.03 bits per heavy atom. The average Bonchev–Trinajstić information content (AvgIpc) is 2.70. The highest BCUT2D eigenvalue weighted by molar-refractivity contribution is 7.92. The molecular formula is C25H35N3O4S. The second-order valence-electron chi connectivity index (χ2n) is 9.48. The van der Waals surface area contributed by atoms with Crippen molar-refractivity contribution in [3.05, 3.63) is 65.2 Å². The van der Waals surface area contributed by atoms with Crippen LogP contribution in [-0.2, 0) is 26.2 Å². The van der Waals surface area contributed by atoms with E-state index in [4.69, 9.17) is 0 Å². The van der Waals surface area contributed by atoms with Gasteiger partial charge in [-0.3, -0.25) is 13.9 Å². The van der Waals surface area contributed by atoms with E-state index in [0.29, 0.717) is 5.69 Å². The summed E-state index contributed by atoms with van der Waals surface area (Å²) in [4.78, 5) is 27.9. The Morgan fingerprint density at radius 2 is 1.64 bits per heavy atom. The van der Waals surface area contributed by atoms with Crippen molar-refractivity contribution >= 4 is 27.5 Å². The van der Waals surface area contributed by atoms with E-state index in [9.17, 15) is 18.0 Å². The molecule has 0 unspecified atom stereocenters. The minimum atomic E-state index is -3.75. The van der Waals surface area contributed by atoms with E-state index in [-0.39, 0.29) is 12.5 Å². The lowest BCUT2D eigenvalue weighted by atomic mass is 10.1. The normalized spacial score (nSPS) is 12.7. The summed E-state index contributed by atoms with van der Waals surface area (Å²) in [5.41, 5.74) is 2.46. The molecule has 2 amide bonds. The molecule has 0 bridgehead atoms. The van der Waals surface area contributed by atoms with Crippen molar-refractivity contribution in [2.45, 2.75) is 59.7 Å². The number of carbonyl (C=O) groups is 2. The number of nitrogens with zero attached hydrogens (tertiary/aromatic N) is 2. The molecule has 33 heavy (non-hydrogen) atoms. The number of hydrogen-bond donors (Lipinski definition) is 1. The largest absolute Gasteiger partial charge is 0.350 e. The summed E-state index contributed by atoms with van der Waals surface area (Å²) in [5.74, 6) is -0.758. The molecule has 0 saturated carbocycles. The van der Waals surface area contributed by atoms with Crippen LogP contribution in [0, 0.1) is 13.8 Å². The Hall–Kier alpha value is -2.87. The van der Waals surface area contributed by atoms with Gasteiger partial charge in [0.1, 0.15) is 12.6 Å². The van der Waals surface area contributed by atoms with Gasteiger partial charge in [0.05, 0.1) is 11.9 Å². The third kappa shape index (κ3) is 7.60. The van der Waals surface area contributed by atoms with E-state index < -0.39 is 34.1 Å². The Kier molecular flexibility index (Phi) is 8.30. The van der Waals surface area contributed by atoms with Gasteiger partial charge in [-0.1, -0.05) is 42.5 Å². The molecule has 0 saturated heterocycles. The van der Waals surface area contributed by atoms with E-state index in [1.165, 1.54) is 4.90 Å². The van der Waals surface area contributed by atoms with Gasteiger partial charge in [0.15, 0.2) is 0 Å². The third-order valence-corrected chi connectivity index (χ3v) is 6.30. The van der Waals surface area contributed by atoms with Crippen LogP contribution in [0.15, 0.2) is 48.5 Å². The van der Waals surface area contributed by atoms with E-state index in [0.717, 1.165) is 27.3 Å². The van der Waals surface area contributed by atoms with Crippen molar-refractivity contribution in [2.24, 2.45) is 0 Å². The van der Waals surface area contributed by atoms with Crippen LogP contribution in [0.1, 0.15) is 44.4 Å². The van der Waals surface area contributed by atoms with E-state index in [1.807, 2.05) is 70.2 Å². The first-order valence-electron chi connectivity index (χ1n) is 10.9.